The van der Waals surface area contributed by atoms with Crippen molar-refractivity contribution in [3.63, 3.8) is 0 Å². The van der Waals surface area contributed by atoms with Crippen molar-refractivity contribution in [2.45, 2.75) is 31.8 Å². The number of carboxylic acids is 1. The predicted octanol–water partition coefficient (Wildman–Crippen LogP) is 4.21. The maximum absolute atomic E-state index is 13.1. The number of hydrogen-bond donors (Lipinski definition) is 1. The van der Waals surface area contributed by atoms with Crippen LogP contribution in [0.2, 0.25) is 0 Å². The number of carboxylic acid groups (broad SMARTS) is 1. The number of oxazole rings is 1. The molecule has 1 fully saturated rings. The van der Waals surface area contributed by atoms with Gasteiger partial charge in [0.1, 0.15) is 17.3 Å². The Morgan fingerprint density at radius 2 is 1.90 bits per heavy atom. The van der Waals surface area contributed by atoms with E-state index >= 15 is 0 Å². The first-order valence-electron chi connectivity index (χ1n) is 9.93. The monoisotopic (exact) mass is 410 g/mol. The van der Waals surface area contributed by atoms with Crippen molar-refractivity contribution in [1.82, 2.24) is 9.88 Å². The zero-order valence-electron chi connectivity index (χ0n) is 16.5. The first kappa shape index (κ1) is 20.1. The predicted molar refractivity (Wildman–Crippen MR) is 108 cm³/mol. The number of likely N-dealkylation sites (tertiary alicyclic amines) is 1. The minimum absolute atomic E-state index is 0.120. The summed E-state index contributed by atoms with van der Waals surface area (Å²) in [5, 5.41) is 8.69. The van der Waals surface area contributed by atoms with Gasteiger partial charge in [0.15, 0.2) is 6.61 Å². The number of halogens is 1. The summed E-state index contributed by atoms with van der Waals surface area (Å²) in [5.74, 6) is 0.774. The van der Waals surface area contributed by atoms with Gasteiger partial charge in [0.25, 0.3) is 0 Å². The van der Waals surface area contributed by atoms with E-state index in [4.69, 9.17) is 14.3 Å². The molecule has 156 valence electrons. The zero-order chi connectivity index (χ0) is 20.9. The SMILES string of the molecule is O=C(O)COc1ccc(CN2CCCC2c2ncc(Cc3ccc(F)cc3)o2)cc1. The first-order valence-corrected chi connectivity index (χ1v) is 9.93. The molecular formula is C23H23FN2O4. The highest BCUT2D eigenvalue weighted by Gasteiger charge is 2.29. The van der Waals surface area contributed by atoms with Gasteiger partial charge < -0.3 is 14.3 Å². The fraction of sp³-hybridized carbons (Fsp3) is 0.304. The molecule has 6 nitrogen and oxygen atoms in total. The maximum Gasteiger partial charge on any atom is 0.341 e. The van der Waals surface area contributed by atoms with Crippen molar-refractivity contribution in [1.29, 1.82) is 0 Å². The van der Waals surface area contributed by atoms with Crippen molar-refractivity contribution >= 4 is 5.97 Å². The summed E-state index contributed by atoms with van der Waals surface area (Å²) in [6.07, 6.45) is 4.39. The molecule has 30 heavy (non-hydrogen) atoms. The van der Waals surface area contributed by atoms with Crippen molar-refractivity contribution in [3.05, 3.63) is 83.3 Å². The fourth-order valence-electron chi connectivity index (χ4n) is 3.73. The normalized spacial score (nSPS) is 16.6. The van der Waals surface area contributed by atoms with Crippen LogP contribution in [0.1, 0.15) is 41.7 Å². The molecule has 0 aliphatic carbocycles. The molecule has 2 aromatic carbocycles. The van der Waals surface area contributed by atoms with Crippen LogP contribution in [-0.2, 0) is 17.8 Å². The molecule has 3 aromatic rings. The van der Waals surface area contributed by atoms with Gasteiger partial charge in [0.05, 0.1) is 12.2 Å². The number of rotatable bonds is 8. The van der Waals surface area contributed by atoms with E-state index in [0.717, 1.165) is 42.8 Å². The van der Waals surface area contributed by atoms with Crippen molar-refractivity contribution in [2.24, 2.45) is 0 Å². The van der Waals surface area contributed by atoms with Crippen LogP contribution in [0.4, 0.5) is 4.39 Å². The summed E-state index contributed by atoms with van der Waals surface area (Å²) in [4.78, 5) is 17.4. The van der Waals surface area contributed by atoms with Gasteiger partial charge in [-0.3, -0.25) is 4.90 Å². The van der Waals surface area contributed by atoms with Crippen LogP contribution < -0.4 is 4.74 Å². The van der Waals surface area contributed by atoms with Crippen LogP contribution in [0, 0.1) is 5.82 Å². The van der Waals surface area contributed by atoms with E-state index in [-0.39, 0.29) is 18.5 Å². The third-order valence-electron chi connectivity index (χ3n) is 5.18. The molecule has 0 radical (unpaired) electrons. The molecule has 0 spiro atoms. The van der Waals surface area contributed by atoms with E-state index in [1.807, 2.05) is 12.1 Å². The van der Waals surface area contributed by atoms with Crippen LogP contribution in [-0.4, -0.2) is 34.1 Å². The number of hydrogen-bond acceptors (Lipinski definition) is 5. The Bertz CT molecular complexity index is 985. The van der Waals surface area contributed by atoms with E-state index < -0.39 is 5.97 Å². The molecular weight excluding hydrogens is 387 g/mol. The highest BCUT2D eigenvalue weighted by atomic mass is 19.1. The average molecular weight is 410 g/mol. The van der Waals surface area contributed by atoms with Gasteiger partial charge in [-0.2, -0.15) is 0 Å². The molecule has 4 rings (SSSR count). The summed E-state index contributed by atoms with van der Waals surface area (Å²) in [7, 11) is 0. The van der Waals surface area contributed by atoms with Crippen molar-refractivity contribution < 1.29 is 23.4 Å². The summed E-state index contributed by atoms with van der Waals surface area (Å²) < 4.78 is 24.3. The summed E-state index contributed by atoms with van der Waals surface area (Å²) in [6.45, 7) is 1.36. The summed E-state index contributed by atoms with van der Waals surface area (Å²) >= 11 is 0. The smallest absolute Gasteiger partial charge is 0.341 e. The van der Waals surface area contributed by atoms with Crippen LogP contribution >= 0.6 is 0 Å². The average Bonchev–Trinajstić information content (AvgIpc) is 3.38. The first-order chi connectivity index (χ1) is 14.6. The molecule has 0 saturated carbocycles. The van der Waals surface area contributed by atoms with Crippen LogP contribution in [0.15, 0.2) is 59.1 Å². The highest BCUT2D eigenvalue weighted by Crippen LogP contribution is 2.33. The third-order valence-corrected chi connectivity index (χ3v) is 5.18. The lowest BCUT2D eigenvalue weighted by molar-refractivity contribution is -0.139. The molecule has 1 aromatic heterocycles. The van der Waals surface area contributed by atoms with Crippen molar-refractivity contribution in [3.8, 4) is 5.75 Å². The van der Waals surface area contributed by atoms with E-state index in [1.165, 1.54) is 12.1 Å². The lowest BCUT2D eigenvalue weighted by Crippen LogP contribution is -2.23. The molecule has 1 atom stereocenters. The Balaban J connectivity index is 1.38. The van der Waals surface area contributed by atoms with Gasteiger partial charge in [-0.25, -0.2) is 14.2 Å². The molecule has 1 saturated heterocycles. The topological polar surface area (TPSA) is 75.8 Å². The van der Waals surface area contributed by atoms with Crippen LogP contribution in [0.25, 0.3) is 0 Å². The Labute approximate surface area is 173 Å². The van der Waals surface area contributed by atoms with E-state index in [9.17, 15) is 9.18 Å². The quantitative estimate of drug-likeness (QED) is 0.600. The summed E-state index contributed by atoms with van der Waals surface area (Å²) in [6, 6.07) is 14.0. The van der Waals surface area contributed by atoms with Crippen LogP contribution in [0.5, 0.6) is 5.75 Å². The zero-order valence-corrected chi connectivity index (χ0v) is 16.5. The van der Waals surface area contributed by atoms with E-state index in [2.05, 4.69) is 9.88 Å². The number of nitrogens with zero attached hydrogens (tertiary/aromatic N) is 2. The number of aromatic nitrogens is 1. The van der Waals surface area contributed by atoms with E-state index in [0.29, 0.717) is 18.1 Å². The molecule has 0 bridgehead atoms. The van der Waals surface area contributed by atoms with Crippen molar-refractivity contribution in [2.75, 3.05) is 13.2 Å². The molecule has 1 N–H and O–H groups in total. The minimum Gasteiger partial charge on any atom is -0.482 e. The Hall–Kier alpha value is -3.19. The largest absolute Gasteiger partial charge is 0.482 e. The minimum atomic E-state index is -0.997. The fourth-order valence-corrected chi connectivity index (χ4v) is 3.73. The second-order valence-corrected chi connectivity index (χ2v) is 7.42. The Morgan fingerprint density at radius 1 is 1.17 bits per heavy atom. The molecule has 1 aliphatic heterocycles. The Morgan fingerprint density at radius 3 is 2.63 bits per heavy atom. The summed E-state index contributed by atoms with van der Waals surface area (Å²) in [5.41, 5.74) is 2.09. The lowest BCUT2D eigenvalue weighted by Gasteiger charge is -2.22. The van der Waals surface area contributed by atoms with E-state index in [1.54, 1.807) is 30.5 Å². The molecule has 2 heterocycles. The number of benzene rings is 2. The van der Waals surface area contributed by atoms with Gasteiger partial charge in [0.2, 0.25) is 5.89 Å². The molecule has 1 unspecified atom stereocenters. The van der Waals surface area contributed by atoms with Gasteiger partial charge in [-0.05, 0) is 54.8 Å². The van der Waals surface area contributed by atoms with Gasteiger partial charge in [-0.1, -0.05) is 24.3 Å². The number of carbonyl (C=O) groups is 1. The van der Waals surface area contributed by atoms with Gasteiger partial charge in [0, 0.05) is 13.0 Å². The molecule has 1 aliphatic rings. The number of ether oxygens (including phenoxy) is 1. The number of aliphatic carboxylic acids is 1. The molecule has 0 amide bonds. The molecule has 7 heteroatoms. The second-order valence-electron chi connectivity index (χ2n) is 7.42. The standard InChI is InChI=1S/C23H23FN2O4/c24-18-7-3-16(4-8-18)12-20-13-25-23(30-20)21-2-1-11-26(21)14-17-5-9-19(10-6-17)29-15-22(27)28/h3-10,13,21H,1-2,11-12,14-15H2,(H,27,28). The highest BCUT2D eigenvalue weighted by molar-refractivity contribution is 5.68. The third kappa shape index (κ3) is 5.04. The lowest BCUT2D eigenvalue weighted by atomic mass is 10.1. The second kappa shape index (κ2) is 9.09. The van der Waals surface area contributed by atoms with Gasteiger partial charge in [-0.15, -0.1) is 0 Å². The van der Waals surface area contributed by atoms with Gasteiger partial charge >= 0.3 is 5.97 Å². The maximum atomic E-state index is 13.1. The Kier molecular flexibility index (Phi) is 6.09. The van der Waals surface area contributed by atoms with Crippen LogP contribution in [0.3, 0.4) is 0 Å².